The van der Waals surface area contributed by atoms with Crippen LogP contribution in [0.1, 0.15) is 80.9 Å². The molecule has 0 radical (unpaired) electrons. The Balaban J connectivity index is 0.00000145. The van der Waals surface area contributed by atoms with Gasteiger partial charge in [-0.1, -0.05) is 38.1 Å². The third-order valence-electron chi connectivity index (χ3n) is 5.99. The topological polar surface area (TPSA) is 99.1 Å². The van der Waals surface area contributed by atoms with Gasteiger partial charge in [-0.25, -0.2) is 4.79 Å². The molecule has 0 aliphatic carbocycles. The summed E-state index contributed by atoms with van der Waals surface area (Å²) in [5.41, 5.74) is 3.22. The van der Waals surface area contributed by atoms with Crippen molar-refractivity contribution in [3.8, 4) is 5.75 Å². The number of benzene rings is 2. The summed E-state index contributed by atoms with van der Waals surface area (Å²) in [5, 5.41) is 20.2. The van der Waals surface area contributed by atoms with Crippen LogP contribution in [-0.4, -0.2) is 48.4 Å². The Morgan fingerprint density at radius 3 is 2.33 bits per heavy atom. The van der Waals surface area contributed by atoms with E-state index >= 15 is 0 Å². The van der Waals surface area contributed by atoms with Crippen LogP contribution in [0, 0.1) is 5.92 Å². The van der Waals surface area contributed by atoms with Gasteiger partial charge in [-0.2, -0.15) is 0 Å². The van der Waals surface area contributed by atoms with Crippen LogP contribution in [0.2, 0.25) is 0 Å². The number of carbonyl (C=O) groups excluding carboxylic acids is 1. The number of aromatic carboxylic acids is 1. The fourth-order valence-corrected chi connectivity index (χ4v) is 4.50. The van der Waals surface area contributed by atoms with Gasteiger partial charge in [-0.15, -0.1) is 0 Å². The quantitative estimate of drug-likeness (QED) is 0.415. The summed E-state index contributed by atoms with van der Waals surface area (Å²) in [7, 11) is 0. The molecule has 0 aromatic heterocycles. The normalized spacial score (nSPS) is 14.0. The lowest BCUT2D eigenvalue weighted by Gasteiger charge is -2.33. The lowest BCUT2D eigenvalue weighted by Crippen LogP contribution is -2.34. The van der Waals surface area contributed by atoms with Crippen LogP contribution in [0.4, 0.5) is 5.69 Å². The molecule has 1 fully saturated rings. The van der Waals surface area contributed by atoms with E-state index in [-0.39, 0.29) is 30.5 Å². The van der Waals surface area contributed by atoms with Crippen molar-refractivity contribution in [2.45, 2.75) is 65.8 Å². The molecule has 2 aromatic rings. The van der Waals surface area contributed by atoms with Crippen molar-refractivity contribution in [1.29, 1.82) is 0 Å². The smallest absolute Gasteiger partial charge is 0.339 e. The predicted molar refractivity (Wildman–Crippen MR) is 144 cm³/mol. The lowest BCUT2D eigenvalue weighted by atomic mass is 9.94. The van der Waals surface area contributed by atoms with E-state index in [4.69, 9.17) is 9.84 Å². The number of amides is 1. The molecule has 36 heavy (non-hydrogen) atoms. The second-order valence-corrected chi connectivity index (χ2v) is 9.42. The van der Waals surface area contributed by atoms with E-state index in [1.807, 2.05) is 6.07 Å². The van der Waals surface area contributed by atoms with Gasteiger partial charge in [0.1, 0.15) is 11.3 Å². The van der Waals surface area contributed by atoms with Crippen LogP contribution in [0.5, 0.6) is 5.75 Å². The van der Waals surface area contributed by atoms with Crippen molar-refractivity contribution in [3.63, 3.8) is 0 Å². The first kappa shape index (κ1) is 29.2. The van der Waals surface area contributed by atoms with E-state index in [0.29, 0.717) is 18.3 Å². The van der Waals surface area contributed by atoms with Gasteiger partial charge in [0.25, 0.3) is 0 Å². The number of rotatable bonds is 10. The molecule has 1 unspecified atom stereocenters. The van der Waals surface area contributed by atoms with Gasteiger partial charge in [-0.3, -0.25) is 4.79 Å². The molecule has 0 bridgehead atoms. The number of carbonyl (C=O) groups is 2. The van der Waals surface area contributed by atoms with E-state index in [2.05, 4.69) is 42.3 Å². The molecule has 1 amide bonds. The SMILES string of the molecule is CCO.CCOc1cc(CC(=O)NC(CC(C)C)c2ccccc2N2CCCCC2)ccc1C(=O)O. The van der Waals surface area contributed by atoms with E-state index in [0.717, 1.165) is 30.6 Å². The Morgan fingerprint density at radius 2 is 1.72 bits per heavy atom. The van der Waals surface area contributed by atoms with Crippen molar-refractivity contribution in [2.24, 2.45) is 5.92 Å². The molecule has 3 N–H and O–H groups in total. The number of nitrogens with zero attached hydrogens (tertiary/aromatic N) is 1. The van der Waals surface area contributed by atoms with Gasteiger partial charge in [0, 0.05) is 25.4 Å². The zero-order chi connectivity index (χ0) is 26.5. The number of carboxylic acids is 1. The highest BCUT2D eigenvalue weighted by atomic mass is 16.5. The summed E-state index contributed by atoms with van der Waals surface area (Å²) in [5.74, 6) is -0.408. The fraction of sp³-hybridized carbons (Fsp3) is 0.517. The molecular weight excluding hydrogens is 456 g/mol. The first-order chi connectivity index (χ1) is 17.3. The summed E-state index contributed by atoms with van der Waals surface area (Å²) in [6, 6.07) is 13.2. The zero-order valence-corrected chi connectivity index (χ0v) is 22.1. The van der Waals surface area contributed by atoms with E-state index in [1.165, 1.54) is 31.0 Å². The maximum absolute atomic E-state index is 13.1. The zero-order valence-electron chi connectivity index (χ0n) is 22.1. The van der Waals surface area contributed by atoms with Crippen molar-refractivity contribution in [3.05, 3.63) is 59.2 Å². The summed E-state index contributed by atoms with van der Waals surface area (Å²) < 4.78 is 5.49. The number of hydrogen-bond donors (Lipinski definition) is 3. The number of aliphatic hydroxyl groups excluding tert-OH is 1. The Labute approximate surface area is 215 Å². The van der Waals surface area contributed by atoms with Gasteiger partial charge in [0.2, 0.25) is 5.91 Å². The van der Waals surface area contributed by atoms with Gasteiger partial charge in [0.15, 0.2) is 0 Å². The Bertz CT molecular complexity index is 970. The standard InChI is InChI=1S/C27H36N2O4.C2H6O/c1-4-33-25-17-20(12-13-22(25)27(31)32)18-26(30)28-23(16-19(2)3)21-10-6-7-11-24(21)29-14-8-5-9-15-29;1-2-3/h6-7,10-13,17,19,23H,4-5,8-9,14-16,18H2,1-3H3,(H,28,30)(H,31,32);3H,2H2,1H3. The Hall–Kier alpha value is -3.06. The minimum atomic E-state index is -1.04. The molecule has 1 saturated heterocycles. The Kier molecular flexibility index (Phi) is 12.3. The van der Waals surface area contributed by atoms with Crippen LogP contribution in [0.15, 0.2) is 42.5 Å². The van der Waals surface area contributed by atoms with Crippen molar-refractivity contribution >= 4 is 17.6 Å². The minimum Gasteiger partial charge on any atom is -0.493 e. The second-order valence-electron chi connectivity index (χ2n) is 9.42. The van der Waals surface area contributed by atoms with Crippen molar-refractivity contribution < 1.29 is 24.5 Å². The Morgan fingerprint density at radius 1 is 1.06 bits per heavy atom. The summed E-state index contributed by atoms with van der Waals surface area (Å²) in [4.78, 5) is 26.9. The van der Waals surface area contributed by atoms with Crippen LogP contribution in [0.25, 0.3) is 0 Å². The monoisotopic (exact) mass is 498 g/mol. The summed E-state index contributed by atoms with van der Waals surface area (Å²) >= 11 is 0. The summed E-state index contributed by atoms with van der Waals surface area (Å²) in [6.45, 7) is 10.5. The average molecular weight is 499 g/mol. The molecule has 1 atom stereocenters. The third-order valence-corrected chi connectivity index (χ3v) is 5.99. The molecule has 1 aliphatic heterocycles. The lowest BCUT2D eigenvalue weighted by molar-refractivity contribution is -0.121. The highest BCUT2D eigenvalue weighted by Gasteiger charge is 2.23. The number of hydrogen-bond acceptors (Lipinski definition) is 5. The van der Waals surface area contributed by atoms with E-state index in [1.54, 1.807) is 26.0 Å². The maximum atomic E-state index is 13.1. The van der Waals surface area contributed by atoms with Crippen LogP contribution in [0.3, 0.4) is 0 Å². The highest BCUT2D eigenvalue weighted by molar-refractivity contribution is 5.91. The van der Waals surface area contributed by atoms with Gasteiger partial charge < -0.3 is 25.2 Å². The second kappa shape index (κ2) is 15.1. The van der Waals surface area contributed by atoms with Gasteiger partial charge >= 0.3 is 5.97 Å². The molecule has 3 rings (SSSR count). The predicted octanol–water partition coefficient (Wildman–Crippen LogP) is 5.22. The molecule has 1 heterocycles. The largest absolute Gasteiger partial charge is 0.493 e. The molecule has 2 aromatic carbocycles. The summed E-state index contributed by atoms with van der Waals surface area (Å²) in [6.07, 6.45) is 4.68. The molecule has 7 nitrogen and oxygen atoms in total. The minimum absolute atomic E-state index is 0.0831. The number of anilines is 1. The number of aliphatic hydroxyl groups is 1. The van der Waals surface area contributed by atoms with Gasteiger partial charge in [-0.05, 0) is 74.8 Å². The van der Waals surface area contributed by atoms with Crippen LogP contribution < -0.4 is 15.0 Å². The van der Waals surface area contributed by atoms with E-state index in [9.17, 15) is 14.7 Å². The molecule has 0 saturated carbocycles. The van der Waals surface area contributed by atoms with Crippen molar-refractivity contribution in [1.82, 2.24) is 5.32 Å². The van der Waals surface area contributed by atoms with Gasteiger partial charge in [0.05, 0.1) is 19.1 Å². The number of ether oxygens (including phenoxy) is 1. The maximum Gasteiger partial charge on any atom is 0.339 e. The van der Waals surface area contributed by atoms with E-state index < -0.39 is 5.97 Å². The van der Waals surface area contributed by atoms with Crippen LogP contribution >= 0.6 is 0 Å². The molecule has 1 aliphatic rings. The molecule has 198 valence electrons. The number of piperidine rings is 1. The average Bonchev–Trinajstić information content (AvgIpc) is 2.84. The highest BCUT2D eigenvalue weighted by Crippen LogP contribution is 2.32. The first-order valence-electron chi connectivity index (χ1n) is 13.0. The number of para-hydroxylation sites is 1. The van der Waals surface area contributed by atoms with Crippen LogP contribution in [-0.2, 0) is 11.2 Å². The third kappa shape index (κ3) is 8.86. The molecular formula is C29H42N2O5. The number of nitrogens with one attached hydrogen (secondary N) is 1. The fourth-order valence-electron chi connectivity index (χ4n) is 4.50. The molecule has 0 spiro atoms. The first-order valence-corrected chi connectivity index (χ1v) is 13.0. The van der Waals surface area contributed by atoms with Crippen molar-refractivity contribution in [2.75, 3.05) is 31.2 Å². The number of carboxylic acid groups (broad SMARTS) is 1. The molecule has 7 heteroatoms.